The van der Waals surface area contributed by atoms with Crippen LogP contribution in [0.2, 0.25) is 5.02 Å². The number of ether oxygens (including phenoxy) is 1. The third kappa shape index (κ3) is 4.78. The second-order valence-corrected chi connectivity index (χ2v) is 9.72. The Balaban J connectivity index is 1.58. The number of aromatic nitrogens is 2. The van der Waals surface area contributed by atoms with Crippen molar-refractivity contribution in [3.05, 3.63) is 64.4 Å². The number of rotatable bonds is 5. The van der Waals surface area contributed by atoms with Crippen LogP contribution in [0, 0.1) is 0 Å². The topological polar surface area (TPSA) is 81.2 Å². The number of nitrogens with one attached hydrogen (secondary N) is 1. The van der Waals surface area contributed by atoms with Gasteiger partial charge in [-0.2, -0.15) is 17.5 Å². The Morgan fingerprint density at radius 1 is 1.19 bits per heavy atom. The van der Waals surface area contributed by atoms with Crippen molar-refractivity contribution in [3.63, 3.8) is 0 Å². The first kappa shape index (κ1) is 21.8. The van der Waals surface area contributed by atoms with Crippen LogP contribution in [-0.4, -0.2) is 17.8 Å². The lowest BCUT2D eigenvalue weighted by molar-refractivity contribution is -0.137. The minimum atomic E-state index is -4.50. The maximum Gasteiger partial charge on any atom is 0.416 e. The van der Waals surface area contributed by atoms with Crippen molar-refractivity contribution in [2.75, 3.05) is 4.72 Å². The molecule has 0 fully saturated rings. The summed E-state index contributed by atoms with van der Waals surface area (Å²) in [4.78, 5) is 3.90. The van der Waals surface area contributed by atoms with Crippen LogP contribution in [0.3, 0.4) is 0 Å². The van der Waals surface area contributed by atoms with Gasteiger partial charge in [-0.05, 0) is 60.7 Å². The third-order valence-electron chi connectivity index (χ3n) is 4.80. The number of hydrogen-bond donors (Lipinski definition) is 1. The van der Waals surface area contributed by atoms with E-state index in [0.717, 1.165) is 41.2 Å². The minimum Gasteiger partial charge on any atom is -0.484 e. The first-order valence-corrected chi connectivity index (χ1v) is 11.7. The molecule has 1 aromatic heterocycles. The fourth-order valence-electron chi connectivity index (χ4n) is 3.35. The number of hydrogen-bond acceptors (Lipinski definition) is 6. The standard InChI is InChI=1S/C19H15ClF3N3O3S2/c20-15-9-12(19(21,22)23)4-7-17(15)29-16-3-1-2-11-8-13(5-6-14(11)16)31(27,28)26-18-24-10-25-30-18/h4-10,16H,1-3H2,(H,24,25,26). The predicted octanol–water partition coefficient (Wildman–Crippen LogP) is 5.47. The summed E-state index contributed by atoms with van der Waals surface area (Å²) in [6, 6.07) is 7.63. The molecule has 0 aliphatic heterocycles. The zero-order valence-corrected chi connectivity index (χ0v) is 18.1. The molecule has 31 heavy (non-hydrogen) atoms. The number of anilines is 1. The van der Waals surface area contributed by atoms with E-state index in [9.17, 15) is 21.6 Å². The molecule has 0 saturated carbocycles. The SMILES string of the molecule is O=S(=O)(Nc1ncns1)c1ccc2c(c1)CCCC2Oc1ccc(C(F)(F)F)cc1Cl. The summed E-state index contributed by atoms with van der Waals surface area (Å²) in [5.74, 6) is 0.141. The number of fused-ring (bicyclic) bond motifs is 1. The van der Waals surface area contributed by atoms with Crippen molar-refractivity contribution >= 4 is 38.3 Å². The van der Waals surface area contributed by atoms with Crippen LogP contribution in [0.15, 0.2) is 47.6 Å². The fourth-order valence-corrected chi connectivity index (χ4v) is 5.29. The van der Waals surface area contributed by atoms with Crippen LogP contribution in [0.5, 0.6) is 5.75 Å². The first-order chi connectivity index (χ1) is 14.6. The molecule has 0 spiro atoms. The van der Waals surface area contributed by atoms with Crippen molar-refractivity contribution < 1.29 is 26.3 Å². The van der Waals surface area contributed by atoms with Crippen molar-refractivity contribution in [2.45, 2.75) is 36.4 Å². The van der Waals surface area contributed by atoms with Crippen molar-refractivity contribution in [3.8, 4) is 5.75 Å². The molecule has 1 unspecified atom stereocenters. The van der Waals surface area contributed by atoms with Gasteiger partial charge in [0, 0.05) is 11.5 Å². The molecular formula is C19H15ClF3N3O3S2. The van der Waals surface area contributed by atoms with Gasteiger partial charge >= 0.3 is 6.18 Å². The Kier molecular flexibility index (Phi) is 5.84. The van der Waals surface area contributed by atoms with Gasteiger partial charge in [-0.15, -0.1) is 0 Å². The summed E-state index contributed by atoms with van der Waals surface area (Å²) in [5.41, 5.74) is 0.711. The van der Waals surface area contributed by atoms with Gasteiger partial charge in [-0.1, -0.05) is 17.7 Å². The highest BCUT2D eigenvalue weighted by Crippen LogP contribution is 2.39. The van der Waals surface area contributed by atoms with Gasteiger partial charge in [0.1, 0.15) is 18.2 Å². The summed E-state index contributed by atoms with van der Waals surface area (Å²) >= 11 is 6.94. The van der Waals surface area contributed by atoms with Crippen molar-refractivity contribution in [1.29, 1.82) is 0 Å². The maximum absolute atomic E-state index is 12.8. The molecular weight excluding hydrogens is 475 g/mol. The molecule has 0 bridgehead atoms. The molecule has 12 heteroatoms. The molecule has 1 atom stereocenters. The predicted molar refractivity (Wildman–Crippen MR) is 110 cm³/mol. The van der Waals surface area contributed by atoms with E-state index in [1.165, 1.54) is 18.5 Å². The third-order valence-corrected chi connectivity index (χ3v) is 7.14. The molecule has 1 aliphatic carbocycles. The number of nitrogens with zero attached hydrogens (tertiary/aromatic N) is 2. The number of sulfonamides is 1. The zero-order chi connectivity index (χ0) is 22.2. The van der Waals surface area contributed by atoms with Gasteiger partial charge in [0.05, 0.1) is 15.5 Å². The van der Waals surface area contributed by atoms with Crippen LogP contribution >= 0.6 is 23.1 Å². The largest absolute Gasteiger partial charge is 0.484 e. The summed E-state index contributed by atoms with van der Waals surface area (Å²) in [6.45, 7) is 0. The molecule has 1 heterocycles. The van der Waals surface area contributed by atoms with E-state index in [1.807, 2.05) is 0 Å². The average molecular weight is 490 g/mol. The van der Waals surface area contributed by atoms with Gasteiger partial charge in [0.2, 0.25) is 5.13 Å². The molecule has 6 nitrogen and oxygen atoms in total. The lowest BCUT2D eigenvalue weighted by Gasteiger charge is -2.27. The Bertz CT molecular complexity index is 1200. The zero-order valence-electron chi connectivity index (χ0n) is 15.7. The van der Waals surface area contributed by atoms with Crippen molar-refractivity contribution in [1.82, 2.24) is 9.36 Å². The molecule has 0 amide bonds. The number of benzene rings is 2. The van der Waals surface area contributed by atoms with E-state index in [4.69, 9.17) is 16.3 Å². The van der Waals surface area contributed by atoms with E-state index in [2.05, 4.69) is 14.1 Å². The Morgan fingerprint density at radius 2 is 2.00 bits per heavy atom. The lowest BCUT2D eigenvalue weighted by Crippen LogP contribution is -2.18. The van der Waals surface area contributed by atoms with Crippen LogP contribution in [0.4, 0.5) is 18.3 Å². The summed E-state index contributed by atoms with van der Waals surface area (Å²) in [6.07, 6.45) is -1.69. The average Bonchev–Trinajstić information content (AvgIpc) is 3.21. The van der Waals surface area contributed by atoms with E-state index >= 15 is 0 Å². The number of halogens is 4. The Morgan fingerprint density at radius 3 is 2.68 bits per heavy atom. The molecule has 4 rings (SSSR count). The smallest absolute Gasteiger partial charge is 0.416 e. The first-order valence-electron chi connectivity index (χ1n) is 9.09. The number of aryl methyl sites for hydroxylation is 1. The van der Waals surface area contributed by atoms with Gasteiger partial charge in [-0.3, -0.25) is 4.72 Å². The van der Waals surface area contributed by atoms with Crippen LogP contribution in [0.25, 0.3) is 0 Å². The fraction of sp³-hybridized carbons (Fsp3) is 0.263. The van der Waals surface area contributed by atoms with Gasteiger partial charge in [-0.25, -0.2) is 13.4 Å². The second kappa shape index (κ2) is 8.29. The van der Waals surface area contributed by atoms with Gasteiger partial charge in [0.15, 0.2) is 0 Å². The minimum absolute atomic E-state index is 0.0784. The summed E-state index contributed by atoms with van der Waals surface area (Å²) < 4.78 is 75.8. The van der Waals surface area contributed by atoms with Crippen LogP contribution < -0.4 is 9.46 Å². The van der Waals surface area contributed by atoms with Crippen LogP contribution in [0.1, 0.15) is 35.6 Å². The lowest BCUT2D eigenvalue weighted by atomic mass is 9.89. The summed E-state index contributed by atoms with van der Waals surface area (Å²) in [5, 5.41) is 0.0262. The molecule has 0 saturated heterocycles. The second-order valence-electron chi connectivity index (χ2n) is 6.85. The van der Waals surface area contributed by atoms with Crippen LogP contribution in [-0.2, 0) is 22.6 Å². The highest BCUT2D eigenvalue weighted by atomic mass is 35.5. The highest BCUT2D eigenvalue weighted by molar-refractivity contribution is 7.93. The maximum atomic E-state index is 12.8. The normalized spacial score (nSPS) is 16.6. The van der Waals surface area contributed by atoms with E-state index < -0.39 is 27.9 Å². The van der Waals surface area contributed by atoms with E-state index in [0.29, 0.717) is 12.8 Å². The molecule has 2 aromatic carbocycles. The van der Waals surface area contributed by atoms with Gasteiger partial charge in [0.25, 0.3) is 10.0 Å². The Labute approximate surface area is 185 Å². The molecule has 1 N–H and O–H groups in total. The Hall–Kier alpha value is -2.37. The van der Waals surface area contributed by atoms with E-state index in [-0.39, 0.29) is 20.8 Å². The molecule has 3 aromatic rings. The van der Waals surface area contributed by atoms with E-state index in [1.54, 1.807) is 12.1 Å². The molecule has 0 radical (unpaired) electrons. The monoisotopic (exact) mass is 489 g/mol. The van der Waals surface area contributed by atoms with Gasteiger partial charge < -0.3 is 4.74 Å². The highest BCUT2D eigenvalue weighted by Gasteiger charge is 2.31. The summed E-state index contributed by atoms with van der Waals surface area (Å²) in [7, 11) is -3.83. The number of alkyl halides is 3. The quantitative estimate of drug-likeness (QED) is 0.514. The van der Waals surface area contributed by atoms with Crippen molar-refractivity contribution in [2.24, 2.45) is 0 Å². The molecule has 164 valence electrons. The molecule has 1 aliphatic rings.